The summed E-state index contributed by atoms with van der Waals surface area (Å²) in [4.78, 5) is 15.4. The number of alkyl carbamates (subject to hydrolysis) is 1. The molecule has 0 aromatic carbocycles. The second kappa shape index (κ2) is 4.96. The minimum absolute atomic E-state index is 0.370. The molecule has 0 aliphatic carbocycles. The van der Waals surface area contributed by atoms with Crippen LogP contribution in [0.2, 0.25) is 0 Å². The zero-order valence-electron chi connectivity index (χ0n) is 9.54. The Labute approximate surface area is 90.4 Å². The molecule has 1 aliphatic rings. The van der Waals surface area contributed by atoms with E-state index >= 15 is 0 Å². The van der Waals surface area contributed by atoms with Crippen LogP contribution in [0.15, 0.2) is 16.8 Å². The molecule has 0 unspecified atom stereocenters. The zero-order valence-corrected chi connectivity index (χ0v) is 9.54. The van der Waals surface area contributed by atoms with Gasteiger partial charge < -0.3 is 10.1 Å². The van der Waals surface area contributed by atoms with Crippen LogP contribution in [-0.4, -0.2) is 24.5 Å². The molecule has 0 bridgehead atoms. The number of ether oxygens (including phenoxy) is 1. The third-order valence-electron chi connectivity index (χ3n) is 1.77. The predicted molar refractivity (Wildman–Crippen MR) is 60.0 cm³/mol. The molecule has 0 radical (unpaired) electrons. The molecule has 1 N–H and O–H groups in total. The average molecular weight is 210 g/mol. The zero-order chi connectivity index (χ0) is 11.3. The van der Waals surface area contributed by atoms with Gasteiger partial charge in [0.15, 0.2) is 0 Å². The van der Waals surface area contributed by atoms with Gasteiger partial charge in [-0.05, 0) is 20.8 Å². The van der Waals surface area contributed by atoms with Crippen molar-refractivity contribution in [2.24, 2.45) is 4.99 Å². The smallest absolute Gasteiger partial charge is 0.407 e. The molecule has 0 aromatic heterocycles. The molecule has 1 rings (SSSR count). The van der Waals surface area contributed by atoms with E-state index in [4.69, 9.17) is 4.74 Å². The van der Waals surface area contributed by atoms with Crippen molar-refractivity contribution >= 4 is 12.3 Å². The first-order chi connectivity index (χ1) is 6.97. The van der Waals surface area contributed by atoms with Crippen molar-refractivity contribution in [3.63, 3.8) is 0 Å². The lowest BCUT2D eigenvalue weighted by Crippen LogP contribution is -2.33. The van der Waals surface area contributed by atoms with E-state index < -0.39 is 5.60 Å². The highest BCUT2D eigenvalue weighted by Crippen LogP contribution is 2.09. The minimum Gasteiger partial charge on any atom is -0.444 e. The molecule has 0 spiro atoms. The Balaban J connectivity index is 2.15. The lowest BCUT2D eigenvalue weighted by atomic mass is 10.2. The van der Waals surface area contributed by atoms with E-state index in [2.05, 4.69) is 16.4 Å². The molecule has 1 amide bonds. The van der Waals surface area contributed by atoms with E-state index in [1.807, 2.05) is 27.0 Å². The van der Waals surface area contributed by atoms with Crippen LogP contribution in [0, 0.1) is 0 Å². The Hall–Kier alpha value is -1.32. The van der Waals surface area contributed by atoms with E-state index in [0.29, 0.717) is 6.54 Å². The van der Waals surface area contributed by atoms with E-state index in [0.717, 1.165) is 18.5 Å². The summed E-state index contributed by atoms with van der Waals surface area (Å²) in [6.45, 7) is 6.10. The van der Waals surface area contributed by atoms with Gasteiger partial charge in [-0.2, -0.15) is 0 Å². The maximum absolute atomic E-state index is 11.2. The van der Waals surface area contributed by atoms with Crippen LogP contribution in [0.4, 0.5) is 4.79 Å². The van der Waals surface area contributed by atoms with Crippen molar-refractivity contribution in [3.05, 3.63) is 11.8 Å². The number of nitrogens with zero attached hydrogens (tertiary/aromatic N) is 1. The fourth-order valence-corrected chi connectivity index (χ4v) is 1.18. The Morgan fingerprint density at radius 2 is 2.33 bits per heavy atom. The Kier molecular flexibility index (Phi) is 3.88. The summed E-state index contributed by atoms with van der Waals surface area (Å²) in [5.74, 6) is 0. The Bertz CT molecular complexity index is 287. The highest BCUT2D eigenvalue weighted by atomic mass is 16.6. The Morgan fingerprint density at radius 3 is 2.87 bits per heavy atom. The van der Waals surface area contributed by atoms with Crippen LogP contribution in [0.25, 0.3) is 0 Å². The van der Waals surface area contributed by atoms with Crippen LogP contribution in [0.5, 0.6) is 0 Å². The predicted octanol–water partition coefficient (Wildman–Crippen LogP) is 2.26. The highest BCUT2D eigenvalue weighted by Gasteiger charge is 2.15. The maximum Gasteiger partial charge on any atom is 0.407 e. The first-order valence-electron chi connectivity index (χ1n) is 5.16. The number of aliphatic imine (C=N–C) groups is 1. The van der Waals surface area contributed by atoms with Crippen molar-refractivity contribution in [2.45, 2.75) is 39.2 Å². The van der Waals surface area contributed by atoms with Gasteiger partial charge in [0, 0.05) is 31.3 Å². The van der Waals surface area contributed by atoms with Crippen molar-refractivity contribution in [2.75, 3.05) is 6.54 Å². The molecule has 0 fully saturated rings. The summed E-state index contributed by atoms with van der Waals surface area (Å²) in [6, 6.07) is 0. The fourth-order valence-electron chi connectivity index (χ4n) is 1.18. The normalized spacial score (nSPS) is 15.0. The number of amides is 1. The van der Waals surface area contributed by atoms with Gasteiger partial charge in [-0.15, -0.1) is 0 Å². The standard InChI is InChI=1S/C11H18N2O2/c1-11(2,3)15-10(14)13-8-6-9-5-4-7-12-9/h5,7H,4,6,8H2,1-3H3,(H,13,14). The highest BCUT2D eigenvalue weighted by molar-refractivity contribution is 5.68. The number of rotatable bonds is 3. The van der Waals surface area contributed by atoms with Crippen molar-refractivity contribution < 1.29 is 9.53 Å². The number of hydrogen-bond acceptors (Lipinski definition) is 3. The molecule has 0 aromatic rings. The van der Waals surface area contributed by atoms with Crippen molar-refractivity contribution in [1.29, 1.82) is 0 Å². The third kappa shape index (κ3) is 5.20. The second-order valence-electron chi connectivity index (χ2n) is 4.42. The molecule has 1 heterocycles. The quantitative estimate of drug-likeness (QED) is 0.776. The largest absolute Gasteiger partial charge is 0.444 e. The SMILES string of the molecule is CC(C)(C)OC(=O)NCCC1=CCC=N1. The molecule has 84 valence electrons. The molecule has 4 heteroatoms. The van der Waals surface area contributed by atoms with Crippen LogP contribution < -0.4 is 5.32 Å². The second-order valence-corrected chi connectivity index (χ2v) is 4.42. The number of carbonyl (C=O) groups is 1. The number of hydrogen-bond donors (Lipinski definition) is 1. The first kappa shape index (κ1) is 11.8. The summed E-state index contributed by atoms with van der Waals surface area (Å²) >= 11 is 0. The number of allylic oxidation sites excluding steroid dienone is 1. The van der Waals surface area contributed by atoms with Crippen molar-refractivity contribution in [3.8, 4) is 0 Å². The molecule has 4 nitrogen and oxygen atoms in total. The summed E-state index contributed by atoms with van der Waals surface area (Å²) in [5.41, 5.74) is 0.598. The van der Waals surface area contributed by atoms with Gasteiger partial charge in [0.05, 0.1) is 0 Å². The van der Waals surface area contributed by atoms with E-state index in [1.54, 1.807) is 0 Å². The maximum atomic E-state index is 11.2. The topological polar surface area (TPSA) is 50.7 Å². The van der Waals surface area contributed by atoms with Crippen LogP contribution in [0.1, 0.15) is 33.6 Å². The van der Waals surface area contributed by atoms with E-state index in [1.165, 1.54) is 0 Å². The lowest BCUT2D eigenvalue weighted by molar-refractivity contribution is 0.0528. The Morgan fingerprint density at radius 1 is 1.60 bits per heavy atom. The monoisotopic (exact) mass is 210 g/mol. The molecule has 0 saturated heterocycles. The lowest BCUT2D eigenvalue weighted by Gasteiger charge is -2.19. The van der Waals surface area contributed by atoms with Crippen molar-refractivity contribution in [1.82, 2.24) is 5.32 Å². The summed E-state index contributed by atoms with van der Waals surface area (Å²) in [5, 5.41) is 2.69. The van der Waals surface area contributed by atoms with Gasteiger partial charge in [-0.3, -0.25) is 4.99 Å². The molecule has 1 aliphatic heterocycles. The van der Waals surface area contributed by atoms with Gasteiger partial charge in [0.1, 0.15) is 5.60 Å². The molecular weight excluding hydrogens is 192 g/mol. The van der Waals surface area contributed by atoms with Gasteiger partial charge >= 0.3 is 6.09 Å². The molecule has 0 saturated carbocycles. The summed E-state index contributed by atoms with van der Waals surface area (Å²) in [7, 11) is 0. The van der Waals surface area contributed by atoms with Crippen LogP contribution in [-0.2, 0) is 4.74 Å². The first-order valence-corrected chi connectivity index (χ1v) is 5.16. The van der Waals surface area contributed by atoms with Gasteiger partial charge in [-0.1, -0.05) is 6.08 Å². The van der Waals surface area contributed by atoms with E-state index in [9.17, 15) is 4.79 Å². The fraction of sp³-hybridized carbons (Fsp3) is 0.636. The summed E-state index contributed by atoms with van der Waals surface area (Å²) < 4.78 is 5.09. The van der Waals surface area contributed by atoms with Crippen LogP contribution >= 0.6 is 0 Å². The summed E-state index contributed by atoms with van der Waals surface area (Å²) in [6.07, 6.45) is 5.21. The average Bonchev–Trinajstić information content (AvgIpc) is 2.53. The van der Waals surface area contributed by atoms with Crippen LogP contribution in [0.3, 0.4) is 0 Å². The van der Waals surface area contributed by atoms with E-state index in [-0.39, 0.29) is 6.09 Å². The minimum atomic E-state index is -0.436. The molecule has 0 atom stereocenters. The number of carbonyl (C=O) groups excluding carboxylic acids is 1. The van der Waals surface area contributed by atoms with Gasteiger partial charge in [-0.25, -0.2) is 4.79 Å². The van der Waals surface area contributed by atoms with Gasteiger partial charge in [0.2, 0.25) is 0 Å². The van der Waals surface area contributed by atoms with Gasteiger partial charge in [0.25, 0.3) is 0 Å². The molecular formula is C11H18N2O2. The third-order valence-corrected chi connectivity index (χ3v) is 1.77. The molecule has 15 heavy (non-hydrogen) atoms. The number of nitrogens with one attached hydrogen (secondary N) is 1.